The minimum atomic E-state index is -4.57. The Hall–Kier alpha value is -2.71. The number of aryl methyl sites for hydroxylation is 1. The SMILES string of the molecule is CN(C)c1ccc(NC(=O)NCc2cnn(C)c2)c(C(F)(F)F)c1. The molecule has 130 valence electrons. The van der Waals surface area contributed by atoms with Gasteiger partial charge in [0.1, 0.15) is 0 Å². The van der Waals surface area contributed by atoms with Crippen LogP contribution in [0.2, 0.25) is 0 Å². The molecule has 0 saturated heterocycles. The highest BCUT2D eigenvalue weighted by Gasteiger charge is 2.34. The van der Waals surface area contributed by atoms with Crippen LogP contribution in [0.25, 0.3) is 0 Å². The maximum absolute atomic E-state index is 13.2. The second kappa shape index (κ2) is 6.81. The predicted molar refractivity (Wildman–Crippen MR) is 84.8 cm³/mol. The van der Waals surface area contributed by atoms with Crippen molar-refractivity contribution >= 4 is 17.4 Å². The van der Waals surface area contributed by atoms with Crippen LogP contribution in [0.15, 0.2) is 30.6 Å². The third-order valence-electron chi connectivity index (χ3n) is 3.28. The largest absolute Gasteiger partial charge is 0.418 e. The fourth-order valence-corrected chi connectivity index (χ4v) is 2.07. The zero-order chi connectivity index (χ0) is 17.9. The van der Waals surface area contributed by atoms with Crippen LogP contribution in [0, 0.1) is 0 Å². The van der Waals surface area contributed by atoms with E-state index in [2.05, 4.69) is 15.7 Å². The molecule has 0 saturated carbocycles. The predicted octanol–water partition coefficient (Wildman–Crippen LogP) is 2.83. The Morgan fingerprint density at radius 1 is 1.33 bits per heavy atom. The first-order chi connectivity index (χ1) is 11.2. The summed E-state index contributed by atoms with van der Waals surface area (Å²) in [6.45, 7) is 0.163. The monoisotopic (exact) mass is 341 g/mol. The van der Waals surface area contributed by atoms with Gasteiger partial charge in [-0.05, 0) is 18.2 Å². The molecule has 0 atom stereocenters. The van der Waals surface area contributed by atoms with E-state index in [1.165, 1.54) is 12.1 Å². The van der Waals surface area contributed by atoms with E-state index in [0.29, 0.717) is 5.69 Å². The second-order valence-corrected chi connectivity index (χ2v) is 5.45. The summed E-state index contributed by atoms with van der Waals surface area (Å²) in [6, 6.07) is 3.02. The minimum absolute atomic E-state index is 0.163. The lowest BCUT2D eigenvalue weighted by molar-refractivity contribution is -0.136. The number of halogens is 3. The Kier molecular flexibility index (Phi) is 5.01. The van der Waals surface area contributed by atoms with Gasteiger partial charge in [-0.15, -0.1) is 0 Å². The van der Waals surface area contributed by atoms with Gasteiger partial charge in [-0.1, -0.05) is 0 Å². The van der Waals surface area contributed by atoms with Crippen molar-refractivity contribution in [2.24, 2.45) is 7.05 Å². The van der Waals surface area contributed by atoms with Gasteiger partial charge in [0.2, 0.25) is 0 Å². The fraction of sp³-hybridized carbons (Fsp3) is 0.333. The number of aromatic nitrogens is 2. The van der Waals surface area contributed by atoms with Crippen LogP contribution in [0.3, 0.4) is 0 Å². The number of carbonyl (C=O) groups is 1. The normalized spacial score (nSPS) is 11.2. The van der Waals surface area contributed by atoms with Gasteiger partial charge in [-0.2, -0.15) is 18.3 Å². The highest BCUT2D eigenvalue weighted by molar-refractivity contribution is 5.90. The highest BCUT2D eigenvalue weighted by atomic mass is 19.4. The lowest BCUT2D eigenvalue weighted by Crippen LogP contribution is -2.29. The van der Waals surface area contributed by atoms with E-state index in [4.69, 9.17) is 0 Å². The van der Waals surface area contributed by atoms with Gasteiger partial charge in [-0.3, -0.25) is 4.68 Å². The van der Waals surface area contributed by atoms with E-state index in [1.807, 2.05) is 0 Å². The molecule has 0 fully saturated rings. The number of nitrogens with zero attached hydrogens (tertiary/aromatic N) is 3. The molecule has 1 aromatic heterocycles. The molecule has 0 aliphatic rings. The number of anilines is 2. The van der Waals surface area contributed by atoms with Crippen LogP contribution >= 0.6 is 0 Å². The van der Waals surface area contributed by atoms with E-state index in [9.17, 15) is 18.0 Å². The van der Waals surface area contributed by atoms with Gasteiger partial charge in [0.05, 0.1) is 17.4 Å². The van der Waals surface area contributed by atoms with Crippen molar-refractivity contribution < 1.29 is 18.0 Å². The van der Waals surface area contributed by atoms with Crippen LogP contribution in [0.4, 0.5) is 29.3 Å². The van der Waals surface area contributed by atoms with Crippen LogP contribution in [-0.4, -0.2) is 29.9 Å². The van der Waals surface area contributed by atoms with Crippen molar-refractivity contribution in [1.82, 2.24) is 15.1 Å². The van der Waals surface area contributed by atoms with E-state index in [1.54, 1.807) is 43.1 Å². The molecule has 2 amide bonds. The van der Waals surface area contributed by atoms with Crippen LogP contribution in [0.5, 0.6) is 0 Å². The zero-order valence-electron chi connectivity index (χ0n) is 13.5. The van der Waals surface area contributed by atoms with Gasteiger partial charge in [0, 0.05) is 45.1 Å². The van der Waals surface area contributed by atoms with Crippen LogP contribution in [0.1, 0.15) is 11.1 Å². The van der Waals surface area contributed by atoms with Crippen molar-refractivity contribution in [3.8, 4) is 0 Å². The van der Waals surface area contributed by atoms with E-state index < -0.39 is 17.8 Å². The van der Waals surface area contributed by atoms with E-state index in [0.717, 1.165) is 11.6 Å². The summed E-state index contributed by atoms with van der Waals surface area (Å²) in [7, 11) is 5.01. The number of alkyl halides is 3. The van der Waals surface area contributed by atoms with Gasteiger partial charge >= 0.3 is 12.2 Å². The number of nitrogens with one attached hydrogen (secondary N) is 2. The summed E-state index contributed by atoms with van der Waals surface area (Å²) >= 11 is 0. The Bertz CT molecular complexity index is 724. The first-order valence-corrected chi connectivity index (χ1v) is 7.08. The van der Waals surface area contributed by atoms with Crippen molar-refractivity contribution in [2.45, 2.75) is 12.7 Å². The number of rotatable bonds is 4. The molecule has 1 heterocycles. The molecule has 0 aliphatic carbocycles. The lowest BCUT2D eigenvalue weighted by atomic mass is 10.1. The smallest absolute Gasteiger partial charge is 0.378 e. The summed E-state index contributed by atoms with van der Waals surface area (Å²) in [5.74, 6) is 0. The Morgan fingerprint density at radius 3 is 2.58 bits per heavy atom. The lowest BCUT2D eigenvalue weighted by Gasteiger charge is -2.18. The minimum Gasteiger partial charge on any atom is -0.378 e. The number of hydrogen-bond donors (Lipinski definition) is 2. The summed E-state index contributed by atoms with van der Waals surface area (Å²) in [4.78, 5) is 13.4. The molecule has 6 nitrogen and oxygen atoms in total. The standard InChI is InChI=1S/C15H18F3N5O/c1-22(2)11-4-5-13(12(6-11)15(16,17)18)21-14(24)19-7-10-8-20-23(3)9-10/h4-6,8-9H,7H2,1-3H3,(H2,19,21,24). The molecule has 2 aromatic rings. The van der Waals surface area contributed by atoms with Crippen LogP contribution < -0.4 is 15.5 Å². The number of hydrogen-bond acceptors (Lipinski definition) is 3. The third-order valence-corrected chi connectivity index (χ3v) is 3.28. The Labute approximate surface area is 137 Å². The molecule has 0 unspecified atom stereocenters. The fourth-order valence-electron chi connectivity index (χ4n) is 2.07. The molecule has 0 aliphatic heterocycles. The number of benzene rings is 1. The van der Waals surface area contributed by atoms with Gasteiger partial charge < -0.3 is 15.5 Å². The molecule has 24 heavy (non-hydrogen) atoms. The average Bonchev–Trinajstić information content (AvgIpc) is 2.90. The molecular formula is C15H18F3N5O. The summed E-state index contributed by atoms with van der Waals surface area (Å²) < 4.78 is 41.1. The molecule has 2 rings (SSSR count). The molecule has 2 N–H and O–H groups in total. The molecule has 0 spiro atoms. The maximum Gasteiger partial charge on any atom is 0.418 e. The molecule has 0 bridgehead atoms. The average molecular weight is 341 g/mol. The van der Waals surface area contributed by atoms with Crippen molar-refractivity contribution in [1.29, 1.82) is 0 Å². The quantitative estimate of drug-likeness (QED) is 0.899. The number of amides is 2. The van der Waals surface area contributed by atoms with Crippen LogP contribution in [-0.2, 0) is 19.8 Å². The van der Waals surface area contributed by atoms with E-state index >= 15 is 0 Å². The molecule has 9 heteroatoms. The summed E-state index contributed by atoms with van der Waals surface area (Å²) in [5.41, 5.74) is -0.0580. The molecule has 1 aromatic carbocycles. The summed E-state index contributed by atoms with van der Waals surface area (Å²) in [5, 5.41) is 8.68. The zero-order valence-corrected chi connectivity index (χ0v) is 13.5. The first kappa shape index (κ1) is 17.6. The van der Waals surface area contributed by atoms with Crippen molar-refractivity contribution in [3.63, 3.8) is 0 Å². The Morgan fingerprint density at radius 2 is 2.04 bits per heavy atom. The van der Waals surface area contributed by atoms with Gasteiger partial charge in [0.25, 0.3) is 0 Å². The number of urea groups is 1. The van der Waals surface area contributed by atoms with Crippen molar-refractivity contribution in [3.05, 3.63) is 41.7 Å². The second-order valence-electron chi connectivity index (χ2n) is 5.45. The topological polar surface area (TPSA) is 62.2 Å². The Balaban J connectivity index is 2.11. The molecular weight excluding hydrogens is 323 g/mol. The molecule has 0 radical (unpaired) electrons. The third kappa shape index (κ3) is 4.40. The first-order valence-electron chi connectivity index (χ1n) is 7.08. The van der Waals surface area contributed by atoms with Gasteiger partial charge in [0.15, 0.2) is 0 Å². The van der Waals surface area contributed by atoms with Gasteiger partial charge in [-0.25, -0.2) is 4.79 Å². The van der Waals surface area contributed by atoms with E-state index in [-0.39, 0.29) is 12.2 Å². The summed E-state index contributed by atoms with van der Waals surface area (Å²) in [6.07, 6.45) is -1.31. The highest BCUT2D eigenvalue weighted by Crippen LogP contribution is 2.37. The maximum atomic E-state index is 13.2. The van der Waals surface area contributed by atoms with Crippen molar-refractivity contribution in [2.75, 3.05) is 24.3 Å². The number of carbonyl (C=O) groups excluding carboxylic acids is 1.